The van der Waals surface area contributed by atoms with Crippen LogP contribution in [0.4, 0.5) is 5.69 Å². The summed E-state index contributed by atoms with van der Waals surface area (Å²) in [5.74, 6) is 0.508. The van der Waals surface area contributed by atoms with Crippen LogP contribution >= 0.6 is 0 Å². The standard InChI is InChI=1S/C16H25N3O2/c17-10-14-5-1-2-6-15(14)18-16(21)12-19-8-3-4-13(11-19)7-9-20/h1-2,5-6,13,20H,3-4,7-12,17H2,(H,18,21). The third kappa shape index (κ3) is 4.81. The zero-order valence-corrected chi connectivity index (χ0v) is 12.4. The molecule has 0 radical (unpaired) electrons. The number of benzene rings is 1. The van der Waals surface area contributed by atoms with E-state index < -0.39 is 0 Å². The lowest BCUT2D eigenvalue weighted by atomic mass is 9.95. The molecule has 1 aromatic carbocycles. The van der Waals surface area contributed by atoms with Crippen molar-refractivity contribution in [3.8, 4) is 0 Å². The Morgan fingerprint density at radius 1 is 1.43 bits per heavy atom. The number of amides is 1. The molecule has 21 heavy (non-hydrogen) atoms. The third-order valence-electron chi connectivity index (χ3n) is 4.02. The number of aliphatic hydroxyl groups excluding tert-OH is 1. The molecular weight excluding hydrogens is 266 g/mol. The van der Waals surface area contributed by atoms with Crippen molar-refractivity contribution < 1.29 is 9.90 Å². The average Bonchev–Trinajstić information content (AvgIpc) is 2.48. The first-order chi connectivity index (χ1) is 10.2. The van der Waals surface area contributed by atoms with Gasteiger partial charge in [-0.25, -0.2) is 0 Å². The number of carbonyl (C=O) groups is 1. The fraction of sp³-hybridized carbons (Fsp3) is 0.562. The van der Waals surface area contributed by atoms with E-state index in [1.807, 2.05) is 24.3 Å². The topological polar surface area (TPSA) is 78.6 Å². The first-order valence-corrected chi connectivity index (χ1v) is 7.64. The molecule has 0 spiro atoms. The minimum absolute atomic E-state index is 0.000508. The van der Waals surface area contributed by atoms with Crippen LogP contribution in [0.1, 0.15) is 24.8 Å². The van der Waals surface area contributed by atoms with Crippen LogP contribution < -0.4 is 11.1 Å². The van der Waals surface area contributed by atoms with E-state index in [9.17, 15) is 4.79 Å². The minimum atomic E-state index is 0.000508. The number of rotatable bonds is 6. The summed E-state index contributed by atoms with van der Waals surface area (Å²) >= 11 is 0. The van der Waals surface area contributed by atoms with Crippen molar-refractivity contribution in [1.29, 1.82) is 0 Å². The summed E-state index contributed by atoms with van der Waals surface area (Å²) in [6, 6.07) is 7.62. The molecule has 1 saturated heterocycles. The number of likely N-dealkylation sites (tertiary alicyclic amines) is 1. The second-order valence-electron chi connectivity index (χ2n) is 5.67. The van der Waals surface area contributed by atoms with Crippen LogP contribution in [0.2, 0.25) is 0 Å². The number of para-hydroxylation sites is 1. The Balaban J connectivity index is 1.86. The lowest BCUT2D eigenvalue weighted by Gasteiger charge is -2.31. The van der Waals surface area contributed by atoms with Gasteiger partial charge in [0.05, 0.1) is 6.54 Å². The van der Waals surface area contributed by atoms with Gasteiger partial charge in [-0.05, 0) is 43.4 Å². The van der Waals surface area contributed by atoms with Crippen molar-refractivity contribution in [2.75, 3.05) is 31.6 Å². The molecule has 0 aromatic heterocycles. The molecule has 1 heterocycles. The van der Waals surface area contributed by atoms with Crippen molar-refractivity contribution in [1.82, 2.24) is 4.90 Å². The van der Waals surface area contributed by atoms with Gasteiger partial charge in [0.1, 0.15) is 0 Å². The molecule has 1 aromatic rings. The van der Waals surface area contributed by atoms with E-state index in [2.05, 4.69) is 10.2 Å². The SMILES string of the molecule is NCc1ccccc1NC(=O)CN1CCCC(CCO)C1. The largest absolute Gasteiger partial charge is 0.396 e. The second kappa shape index (κ2) is 8.12. The maximum absolute atomic E-state index is 12.2. The van der Waals surface area contributed by atoms with Gasteiger partial charge in [0.25, 0.3) is 0 Å². The first-order valence-electron chi connectivity index (χ1n) is 7.64. The summed E-state index contributed by atoms with van der Waals surface area (Å²) in [5, 5.41) is 12.0. The summed E-state index contributed by atoms with van der Waals surface area (Å²) in [4.78, 5) is 14.3. The molecule has 1 fully saturated rings. The zero-order chi connectivity index (χ0) is 15.1. The summed E-state index contributed by atoms with van der Waals surface area (Å²) in [6.45, 7) is 2.90. The molecule has 116 valence electrons. The Morgan fingerprint density at radius 2 is 2.24 bits per heavy atom. The fourth-order valence-electron chi connectivity index (χ4n) is 2.93. The van der Waals surface area contributed by atoms with Crippen LogP contribution in [0.5, 0.6) is 0 Å². The molecule has 5 heteroatoms. The Kier molecular flexibility index (Phi) is 6.17. The number of nitrogens with zero attached hydrogens (tertiary/aromatic N) is 1. The van der Waals surface area contributed by atoms with Crippen LogP contribution in [0, 0.1) is 5.92 Å². The molecule has 1 amide bonds. The van der Waals surface area contributed by atoms with E-state index in [-0.39, 0.29) is 12.5 Å². The van der Waals surface area contributed by atoms with E-state index in [4.69, 9.17) is 10.8 Å². The van der Waals surface area contributed by atoms with Crippen LogP contribution in [-0.2, 0) is 11.3 Å². The Bertz CT molecular complexity index is 463. The lowest BCUT2D eigenvalue weighted by Crippen LogP contribution is -2.40. The number of carbonyl (C=O) groups excluding carboxylic acids is 1. The van der Waals surface area contributed by atoms with Crippen molar-refractivity contribution in [3.63, 3.8) is 0 Å². The number of piperidine rings is 1. The van der Waals surface area contributed by atoms with Gasteiger partial charge in [0, 0.05) is 25.4 Å². The van der Waals surface area contributed by atoms with Crippen LogP contribution in [0.15, 0.2) is 24.3 Å². The number of hydrogen-bond donors (Lipinski definition) is 3. The normalized spacial score (nSPS) is 19.4. The highest BCUT2D eigenvalue weighted by Crippen LogP contribution is 2.19. The van der Waals surface area contributed by atoms with Gasteiger partial charge < -0.3 is 16.2 Å². The van der Waals surface area contributed by atoms with Crippen molar-refractivity contribution in [3.05, 3.63) is 29.8 Å². The van der Waals surface area contributed by atoms with Gasteiger partial charge in [-0.3, -0.25) is 9.69 Å². The van der Waals surface area contributed by atoms with Gasteiger partial charge in [0.2, 0.25) is 5.91 Å². The summed E-state index contributed by atoms with van der Waals surface area (Å²) < 4.78 is 0. The maximum atomic E-state index is 12.2. The zero-order valence-electron chi connectivity index (χ0n) is 12.4. The highest BCUT2D eigenvalue weighted by Gasteiger charge is 2.21. The van der Waals surface area contributed by atoms with Crippen LogP contribution in [0.25, 0.3) is 0 Å². The van der Waals surface area contributed by atoms with Gasteiger partial charge >= 0.3 is 0 Å². The molecule has 1 atom stereocenters. The predicted octanol–water partition coefficient (Wildman–Crippen LogP) is 1.18. The van der Waals surface area contributed by atoms with E-state index in [1.54, 1.807) is 0 Å². The average molecular weight is 291 g/mol. The van der Waals surface area contributed by atoms with Crippen LogP contribution in [0.3, 0.4) is 0 Å². The quantitative estimate of drug-likeness (QED) is 0.735. The Labute approximate surface area is 126 Å². The molecule has 1 aliphatic heterocycles. The minimum Gasteiger partial charge on any atom is -0.396 e. The molecular formula is C16H25N3O2. The van der Waals surface area contributed by atoms with E-state index in [1.165, 1.54) is 0 Å². The highest BCUT2D eigenvalue weighted by molar-refractivity contribution is 5.93. The van der Waals surface area contributed by atoms with Crippen molar-refractivity contribution in [2.45, 2.75) is 25.8 Å². The van der Waals surface area contributed by atoms with Gasteiger partial charge in [-0.1, -0.05) is 18.2 Å². The highest BCUT2D eigenvalue weighted by atomic mass is 16.3. The summed E-state index contributed by atoms with van der Waals surface area (Å²) in [6.07, 6.45) is 3.07. The Morgan fingerprint density at radius 3 is 3.00 bits per heavy atom. The van der Waals surface area contributed by atoms with E-state index in [0.717, 1.165) is 43.6 Å². The van der Waals surface area contributed by atoms with Crippen molar-refractivity contribution in [2.24, 2.45) is 11.7 Å². The molecule has 4 N–H and O–H groups in total. The van der Waals surface area contributed by atoms with Gasteiger partial charge in [0.15, 0.2) is 0 Å². The van der Waals surface area contributed by atoms with E-state index in [0.29, 0.717) is 19.0 Å². The fourth-order valence-corrected chi connectivity index (χ4v) is 2.93. The first kappa shape index (κ1) is 15.9. The molecule has 2 rings (SSSR count). The monoisotopic (exact) mass is 291 g/mol. The number of aliphatic hydroxyl groups is 1. The van der Waals surface area contributed by atoms with Crippen LogP contribution in [-0.4, -0.2) is 42.2 Å². The summed E-state index contributed by atoms with van der Waals surface area (Å²) in [5.41, 5.74) is 7.42. The molecule has 0 aliphatic carbocycles. The third-order valence-corrected chi connectivity index (χ3v) is 4.02. The lowest BCUT2D eigenvalue weighted by molar-refractivity contribution is -0.117. The molecule has 1 aliphatic rings. The molecule has 1 unspecified atom stereocenters. The Hall–Kier alpha value is -1.43. The number of nitrogens with two attached hydrogens (primary N) is 1. The van der Waals surface area contributed by atoms with Crippen molar-refractivity contribution >= 4 is 11.6 Å². The smallest absolute Gasteiger partial charge is 0.238 e. The van der Waals surface area contributed by atoms with Gasteiger partial charge in [-0.2, -0.15) is 0 Å². The number of nitrogens with one attached hydrogen (secondary N) is 1. The number of hydrogen-bond acceptors (Lipinski definition) is 4. The van der Waals surface area contributed by atoms with E-state index >= 15 is 0 Å². The maximum Gasteiger partial charge on any atom is 0.238 e. The molecule has 0 saturated carbocycles. The molecule has 5 nitrogen and oxygen atoms in total. The predicted molar refractivity (Wildman–Crippen MR) is 83.8 cm³/mol. The molecule has 0 bridgehead atoms. The number of anilines is 1. The second-order valence-corrected chi connectivity index (χ2v) is 5.67. The van der Waals surface area contributed by atoms with Gasteiger partial charge in [-0.15, -0.1) is 0 Å². The summed E-state index contributed by atoms with van der Waals surface area (Å²) in [7, 11) is 0.